The van der Waals surface area contributed by atoms with Crippen molar-refractivity contribution in [1.29, 1.82) is 0 Å². The summed E-state index contributed by atoms with van der Waals surface area (Å²) in [6, 6.07) is 0.956. The van der Waals surface area contributed by atoms with E-state index in [0.717, 1.165) is 29.8 Å². The number of anilines is 1. The minimum atomic E-state index is -4.57. The van der Waals surface area contributed by atoms with Gasteiger partial charge >= 0.3 is 6.18 Å². The normalized spacial score (nSPS) is 15.2. The average Bonchev–Trinajstić information content (AvgIpc) is 3.32. The van der Waals surface area contributed by atoms with Crippen molar-refractivity contribution in [2.45, 2.75) is 38.4 Å². The number of nitrogens with zero attached hydrogens (tertiary/aromatic N) is 5. The standard InChI is InChI=1S/C14H14F4N6/c1-2-24-12(15)9(7-20-24)6-19-23-13-21-10(8-3-4-8)5-11(22-13)14(16,17)18/h5-8H,2-4H2,1H3,(H,21,22,23)/b19-6-. The van der Waals surface area contributed by atoms with E-state index in [4.69, 9.17) is 0 Å². The molecule has 1 saturated carbocycles. The van der Waals surface area contributed by atoms with Gasteiger partial charge in [0.2, 0.25) is 11.9 Å². The van der Waals surface area contributed by atoms with Crippen LogP contribution in [0.25, 0.3) is 0 Å². The summed E-state index contributed by atoms with van der Waals surface area (Å²) in [4.78, 5) is 7.45. The van der Waals surface area contributed by atoms with Crippen molar-refractivity contribution in [3.05, 3.63) is 35.2 Å². The summed E-state index contributed by atoms with van der Waals surface area (Å²) in [5.41, 5.74) is 1.74. The smallest absolute Gasteiger partial charge is 0.245 e. The number of aromatic nitrogens is 4. The highest BCUT2D eigenvalue weighted by Gasteiger charge is 2.36. The third kappa shape index (κ3) is 3.52. The Bertz CT molecular complexity index is 763. The maximum Gasteiger partial charge on any atom is 0.433 e. The Morgan fingerprint density at radius 3 is 2.71 bits per heavy atom. The number of rotatable bonds is 5. The Labute approximate surface area is 134 Å². The van der Waals surface area contributed by atoms with Crippen molar-refractivity contribution in [3.63, 3.8) is 0 Å². The predicted molar refractivity (Wildman–Crippen MR) is 78.1 cm³/mol. The molecule has 1 N–H and O–H groups in total. The van der Waals surface area contributed by atoms with Crippen LogP contribution in [0.1, 0.15) is 42.6 Å². The van der Waals surface area contributed by atoms with Crippen LogP contribution in [0.4, 0.5) is 23.5 Å². The molecule has 2 aromatic heterocycles. The van der Waals surface area contributed by atoms with Gasteiger partial charge in [-0.05, 0) is 25.8 Å². The fourth-order valence-corrected chi connectivity index (χ4v) is 2.10. The number of alkyl halides is 3. The first kappa shape index (κ1) is 16.3. The summed E-state index contributed by atoms with van der Waals surface area (Å²) < 4.78 is 53.6. The average molecular weight is 342 g/mol. The van der Waals surface area contributed by atoms with E-state index in [-0.39, 0.29) is 17.4 Å². The zero-order valence-electron chi connectivity index (χ0n) is 12.7. The molecule has 2 aromatic rings. The van der Waals surface area contributed by atoms with Gasteiger partial charge in [-0.3, -0.25) is 0 Å². The first-order chi connectivity index (χ1) is 11.4. The van der Waals surface area contributed by atoms with Gasteiger partial charge in [-0.25, -0.2) is 20.1 Å². The third-order valence-electron chi connectivity index (χ3n) is 3.50. The van der Waals surface area contributed by atoms with E-state index in [1.165, 1.54) is 6.20 Å². The lowest BCUT2D eigenvalue weighted by Gasteiger charge is -2.09. The fraction of sp³-hybridized carbons (Fsp3) is 0.429. The number of nitrogens with one attached hydrogen (secondary N) is 1. The lowest BCUT2D eigenvalue weighted by atomic mass is 10.2. The number of hydrazone groups is 1. The lowest BCUT2D eigenvalue weighted by molar-refractivity contribution is -0.141. The van der Waals surface area contributed by atoms with Crippen LogP contribution < -0.4 is 5.43 Å². The topological polar surface area (TPSA) is 68.0 Å². The van der Waals surface area contributed by atoms with Crippen molar-refractivity contribution < 1.29 is 17.6 Å². The summed E-state index contributed by atoms with van der Waals surface area (Å²) in [5, 5.41) is 7.50. The number of aryl methyl sites for hydroxylation is 1. The van der Waals surface area contributed by atoms with Gasteiger partial charge in [0.05, 0.1) is 18.0 Å². The molecule has 0 saturated heterocycles. The van der Waals surface area contributed by atoms with Gasteiger partial charge in [0.25, 0.3) is 0 Å². The summed E-state index contributed by atoms with van der Waals surface area (Å²) in [7, 11) is 0. The van der Waals surface area contributed by atoms with Crippen LogP contribution in [0.2, 0.25) is 0 Å². The summed E-state index contributed by atoms with van der Waals surface area (Å²) in [6.45, 7) is 2.08. The Hall–Kier alpha value is -2.52. The fourth-order valence-electron chi connectivity index (χ4n) is 2.10. The van der Waals surface area contributed by atoms with E-state index in [0.29, 0.717) is 12.2 Å². The largest absolute Gasteiger partial charge is 0.433 e. The van der Waals surface area contributed by atoms with Crippen LogP contribution in [-0.2, 0) is 12.7 Å². The van der Waals surface area contributed by atoms with E-state index in [2.05, 4.69) is 25.6 Å². The molecular weight excluding hydrogens is 328 g/mol. The van der Waals surface area contributed by atoms with E-state index in [1.54, 1.807) is 6.92 Å². The summed E-state index contributed by atoms with van der Waals surface area (Å²) in [6.07, 6.45) is -0.570. The highest BCUT2D eigenvalue weighted by Crippen LogP contribution is 2.41. The SMILES string of the molecule is CCn1ncc(/C=N\Nc2nc(C3CC3)cc(C(F)(F)F)n2)c1F. The molecule has 1 fully saturated rings. The quantitative estimate of drug-likeness (QED) is 0.515. The maximum atomic E-state index is 13.8. The van der Waals surface area contributed by atoms with Gasteiger partial charge < -0.3 is 0 Å². The zero-order valence-corrected chi connectivity index (χ0v) is 12.7. The first-order valence-corrected chi connectivity index (χ1v) is 7.35. The van der Waals surface area contributed by atoms with Gasteiger partial charge in [0.1, 0.15) is 5.69 Å². The van der Waals surface area contributed by atoms with Gasteiger partial charge in [0.15, 0.2) is 0 Å². The van der Waals surface area contributed by atoms with Crippen LogP contribution >= 0.6 is 0 Å². The van der Waals surface area contributed by atoms with E-state index in [1.807, 2.05) is 0 Å². The molecule has 0 aromatic carbocycles. The molecule has 0 atom stereocenters. The molecule has 2 heterocycles. The van der Waals surface area contributed by atoms with Crippen molar-refractivity contribution in [2.75, 3.05) is 5.43 Å². The molecule has 10 heteroatoms. The molecule has 0 bridgehead atoms. The van der Waals surface area contributed by atoms with Gasteiger partial charge in [0, 0.05) is 18.2 Å². The molecule has 0 aliphatic heterocycles. The molecule has 0 spiro atoms. The molecule has 0 unspecified atom stereocenters. The summed E-state index contributed by atoms with van der Waals surface area (Å²) in [5.74, 6) is -0.822. The molecule has 1 aliphatic rings. The molecule has 128 valence electrons. The van der Waals surface area contributed by atoms with E-state index in [9.17, 15) is 17.6 Å². The Balaban J connectivity index is 1.80. The van der Waals surface area contributed by atoms with Crippen molar-refractivity contribution in [2.24, 2.45) is 5.10 Å². The molecule has 3 rings (SSSR count). The first-order valence-electron chi connectivity index (χ1n) is 7.35. The number of hydrogen-bond acceptors (Lipinski definition) is 5. The Morgan fingerprint density at radius 1 is 1.38 bits per heavy atom. The van der Waals surface area contributed by atoms with Crippen LogP contribution in [0, 0.1) is 5.95 Å². The van der Waals surface area contributed by atoms with Crippen molar-refractivity contribution in [1.82, 2.24) is 19.7 Å². The zero-order chi connectivity index (χ0) is 17.3. The predicted octanol–water partition coefficient (Wildman–Crippen LogP) is 3.17. The number of hydrogen-bond donors (Lipinski definition) is 1. The van der Waals surface area contributed by atoms with Crippen molar-refractivity contribution in [3.8, 4) is 0 Å². The Kier molecular flexibility index (Phi) is 4.20. The van der Waals surface area contributed by atoms with Gasteiger partial charge in [-0.1, -0.05) is 0 Å². The molecule has 6 nitrogen and oxygen atoms in total. The second-order valence-electron chi connectivity index (χ2n) is 5.35. The van der Waals surface area contributed by atoms with E-state index < -0.39 is 17.8 Å². The third-order valence-corrected chi connectivity index (χ3v) is 3.50. The lowest BCUT2D eigenvalue weighted by Crippen LogP contribution is -2.12. The highest BCUT2D eigenvalue weighted by atomic mass is 19.4. The number of halogens is 4. The van der Waals surface area contributed by atoms with Crippen LogP contribution in [0.5, 0.6) is 0 Å². The minimum Gasteiger partial charge on any atom is -0.245 e. The molecule has 1 aliphatic carbocycles. The second-order valence-corrected chi connectivity index (χ2v) is 5.35. The molecule has 0 radical (unpaired) electrons. The van der Waals surface area contributed by atoms with Crippen LogP contribution in [-0.4, -0.2) is 26.0 Å². The second kappa shape index (κ2) is 6.17. The Morgan fingerprint density at radius 2 is 2.12 bits per heavy atom. The van der Waals surface area contributed by atoms with Crippen molar-refractivity contribution >= 4 is 12.2 Å². The van der Waals surface area contributed by atoms with Crippen LogP contribution in [0.15, 0.2) is 17.4 Å². The van der Waals surface area contributed by atoms with Gasteiger partial charge in [-0.2, -0.15) is 27.8 Å². The maximum absolute atomic E-state index is 13.8. The van der Waals surface area contributed by atoms with E-state index >= 15 is 0 Å². The summed E-state index contributed by atoms with van der Waals surface area (Å²) >= 11 is 0. The molecule has 0 amide bonds. The monoisotopic (exact) mass is 342 g/mol. The minimum absolute atomic E-state index is 0.0267. The van der Waals surface area contributed by atoms with Gasteiger partial charge in [-0.15, -0.1) is 0 Å². The van der Waals surface area contributed by atoms with Crippen LogP contribution in [0.3, 0.4) is 0 Å². The highest BCUT2D eigenvalue weighted by molar-refractivity contribution is 5.79. The molecule has 24 heavy (non-hydrogen) atoms. The molecular formula is C14H14F4N6.